The number of allylic oxidation sites excluding steroid dienone is 3. The van der Waals surface area contributed by atoms with Gasteiger partial charge in [-0.15, -0.1) is 0 Å². The second-order valence-electron chi connectivity index (χ2n) is 11.6. The Kier molecular flexibility index (Phi) is 6.95. The zero-order valence-electron chi connectivity index (χ0n) is 24.4. The zero-order chi connectivity index (χ0) is 29.8. The summed E-state index contributed by atoms with van der Waals surface area (Å²) in [5.41, 5.74) is 11.8. The van der Waals surface area contributed by atoms with Gasteiger partial charge in [-0.3, -0.25) is 0 Å². The van der Waals surface area contributed by atoms with Crippen LogP contribution >= 0.6 is 0 Å². The van der Waals surface area contributed by atoms with Gasteiger partial charge in [0.25, 0.3) is 0 Å². The van der Waals surface area contributed by atoms with E-state index in [1.54, 1.807) is 0 Å². The van der Waals surface area contributed by atoms with Crippen LogP contribution in [0.4, 0.5) is 0 Å². The van der Waals surface area contributed by atoms with E-state index in [0.717, 1.165) is 0 Å². The van der Waals surface area contributed by atoms with E-state index < -0.39 is 0 Å². The van der Waals surface area contributed by atoms with Crippen LogP contribution in [0.1, 0.15) is 39.3 Å². The summed E-state index contributed by atoms with van der Waals surface area (Å²) in [4.78, 5) is 0. The molecule has 0 atom stereocenters. The molecule has 0 unspecified atom stereocenters. The average Bonchev–Trinajstić information content (AvgIpc) is 3.52. The molecular weight excluding hydrogens is 741 g/mol. The third-order valence-electron chi connectivity index (χ3n) is 9.06. The molecule has 0 amide bonds. The fourth-order valence-corrected chi connectivity index (χ4v) is 14.1. The monoisotopic (exact) mass is 772 g/mol. The van der Waals surface area contributed by atoms with Crippen LogP contribution in [0.15, 0.2) is 169 Å². The van der Waals surface area contributed by atoms with E-state index in [2.05, 4.69) is 164 Å². The Hall–Kier alpha value is -3.64. The maximum atomic E-state index is 2.59. The molecule has 45 heavy (non-hydrogen) atoms. The molecule has 0 N–H and O–H groups in total. The summed E-state index contributed by atoms with van der Waals surface area (Å²) in [5, 5.41) is 0. The Balaban J connectivity index is 1.17. The molecule has 0 radical (unpaired) electrons. The molecule has 0 aromatic heterocycles. The van der Waals surface area contributed by atoms with Gasteiger partial charge in [0.1, 0.15) is 0 Å². The van der Waals surface area contributed by atoms with Gasteiger partial charge in [-0.1, -0.05) is 0 Å². The molecule has 3 aliphatic carbocycles. The van der Waals surface area contributed by atoms with Crippen molar-refractivity contribution in [1.29, 1.82) is 0 Å². The summed E-state index contributed by atoms with van der Waals surface area (Å²) in [6.45, 7) is 0. The first-order valence-corrected chi connectivity index (χ1v) is 20.4. The molecular formula is C42H28Se3. The average molecular weight is 770 g/mol. The summed E-state index contributed by atoms with van der Waals surface area (Å²) >= 11 is 0.830. The van der Waals surface area contributed by atoms with Crippen LogP contribution in [0.5, 0.6) is 0 Å². The van der Waals surface area contributed by atoms with E-state index in [4.69, 9.17) is 0 Å². The minimum absolute atomic E-state index is 0.0983. The molecule has 6 aromatic rings. The van der Waals surface area contributed by atoms with Crippen LogP contribution in [-0.2, 0) is 4.31 Å². The Labute approximate surface area is 283 Å². The number of hydrogen-bond acceptors (Lipinski definition) is 0. The molecule has 0 saturated heterocycles. The normalized spacial score (nSPS) is 19.1. The number of benzene rings is 6. The van der Waals surface area contributed by atoms with Gasteiger partial charge >= 0.3 is 286 Å². The van der Waals surface area contributed by atoms with Gasteiger partial charge in [0.05, 0.1) is 0 Å². The molecule has 6 aromatic carbocycles. The second kappa shape index (κ2) is 11.3. The summed E-state index contributed by atoms with van der Waals surface area (Å²) in [6.07, 6.45) is 2.59. The zero-order valence-corrected chi connectivity index (χ0v) is 29.5. The van der Waals surface area contributed by atoms with Crippen LogP contribution in [-0.4, -0.2) is 44.9 Å². The van der Waals surface area contributed by atoms with Gasteiger partial charge in [0, 0.05) is 0 Å². The summed E-state index contributed by atoms with van der Waals surface area (Å²) < 4.78 is 7.09. The Morgan fingerprint density at radius 1 is 0.444 bits per heavy atom. The number of hydrogen-bond donors (Lipinski definition) is 0. The molecule has 10 rings (SSSR count). The van der Waals surface area contributed by atoms with Crippen molar-refractivity contribution in [3.63, 3.8) is 0 Å². The number of rotatable bonds is 6. The minimum atomic E-state index is -0.0983. The summed E-state index contributed by atoms with van der Waals surface area (Å²) in [6, 6.07) is 59.4. The van der Waals surface area contributed by atoms with E-state index in [9.17, 15) is 0 Å². The van der Waals surface area contributed by atoms with Crippen molar-refractivity contribution in [3.05, 3.63) is 203 Å². The first-order valence-electron chi connectivity index (χ1n) is 15.3. The first-order chi connectivity index (χ1) is 22.3. The van der Waals surface area contributed by atoms with Crippen molar-refractivity contribution in [1.82, 2.24) is 0 Å². The van der Waals surface area contributed by atoms with E-state index >= 15 is 0 Å². The van der Waals surface area contributed by atoms with Gasteiger partial charge in [0.2, 0.25) is 0 Å². The van der Waals surface area contributed by atoms with E-state index in [0.29, 0.717) is 29.9 Å². The van der Waals surface area contributed by atoms with E-state index in [1.807, 2.05) is 0 Å². The molecule has 0 saturated carbocycles. The van der Waals surface area contributed by atoms with Crippen molar-refractivity contribution in [3.8, 4) is 0 Å². The van der Waals surface area contributed by atoms with Crippen molar-refractivity contribution >= 4 is 72.8 Å². The third-order valence-corrected chi connectivity index (χ3v) is 16.6. The molecule has 0 nitrogen and oxygen atoms in total. The maximum absolute atomic E-state index is 2.59. The Bertz CT molecular complexity index is 2060. The molecule has 1 aliphatic heterocycles. The predicted molar refractivity (Wildman–Crippen MR) is 192 cm³/mol. The molecule has 4 aliphatic rings. The van der Waals surface area contributed by atoms with Crippen LogP contribution in [0.3, 0.4) is 0 Å². The first kappa shape index (κ1) is 27.7. The van der Waals surface area contributed by atoms with Crippen molar-refractivity contribution in [2.75, 3.05) is 0 Å². The quantitative estimate of drug-likeness (QED) is 0.185. The molecule has 3 heteroatoms. The molecule has 0 fully saturated rings. The van der Waals surface area contributed by atoms with Gasteiger partial charge < -0.3 is 0 Å². The van der Waals surface area contributed by atoms with E-state index in [-0.39, 0.29) is 25.2 Å². The SMILES string of the molecule is C1=C(c2ccc([Se]c3ccccc3)cc2)[Se]C23C1=C(c1ccc([Se]c4ccccc4)cc1)C(c1ccccc12)c1ccccc13. The van der Waals surface area contributed by atoms with Crippen LogP contribution in [0.25, 0.3) is 10.0 Å². The Morgan fingerprint density at radius 2 is 0.889 bits per heavy atom. The summed E-state index contributed by atoms with van der Waals surface area (Å²) in [5.74, 6) is 0.252. The summed E-state index contributed by atoms with van der Waals surface area (Å²) in [7, 11) is 0. The van der Waals surface area contributed by atoms with Crippen molar-refractivity contribution < 1.29 is 0 Å². The fourth-order valence-electron chi connectivity index (χ4n) is 7.17. The van der Waals surface area contributed by atoms with Crippen LogP contribution < -0.4 is 17.8 Å². The van der Waals surface area contributed by atoms with Gasteiger partial charge in [-0.05, 0) is 0 Å². The topological polar surface area (TPSA) is 0 Å². The van der Waals surface area contributed by atoms with Gasteiger partial charge in [0.15, 0.2) is 0 Å². The van der Waals surface area contributed by atoms with Crippen molar-refractivity contribution in [2.45, 2.75) is 10.2 Å². The van der Waals surface area contributed by atoms with E-state index in [1.165, 1.54) is 66.8 Å². The third kappa shape index (κ3) is 4.62. The standard InChI is InChI=1S/C42H28Se3/c1-3-11-30(12-4-1)43-32-23-19-28(20-24-32)39-27-38-40(29-21-25-33(26-22-29)44-31-13-5-2-6-14-31)41-34-15-7-9-17-36(34)42(38,45-39)37-18-10-8-16-35(37)41/h1-27,41H. The molecule has 2 bridgehead atoms. The fraction of sp³-hybridized carbons (Fsp3) is 0.0476. The molecule has 1 spiro atoms. The van der Waals surface area contributed by atoms with Crippen LogP contribution in [0, 0.1) is 0 Å². The van der Waals surface area contributed by atoms with Crippen molar-refractivity contribution in [2.24, 2.45) is 0 Å². The van der Waals surface area contributed by atoms with Gasteiger partial charge in [-0.2, -0.15) is 0 Å². The molecule has 1 heterocycles. The van der Waals surface area contributed by atoms with Gasteiger partial charge in [-0.25, -0.2) is 0 Å². The predicted octanol–water partition coefficient (Wildman–Crippen LogP) is 5.91. The van der Waals surface area contributed by atoms with Crippen LogP contribution in [0.2, 0.25) is 0 Å². The Morgan fingerprint density at radius 3 is 1.42 bits per heavy atom. The molecule has 214 valence electrons. The second-order valence-corrected chi connectivity index (χ2v) is 19.1.